The first kappa shape index (κ1) is 18.5. The van der Waals surface area contributed by atoms with Gasteiger partial charge in [-0.15, -0.1) is 0 Å². The smallest absolute Gasteiger partial charge is 0.190 e. The van der Waals surface area contributed by atoms with Crippen molar-refractivity contribution in [3.8, 4) is 0 Å². The monoisotopic (exact) mass is 344 g/mol. The predicted octanol–water partition coefficient (Wildman–Crippen LogP) is 2.98. The highest BCUT2D eigenvalue weighted by molar-refractivity contribution is 4.98. The fourth-order valence-electron chi connectivity index (χ4n) is 3.62. The Kier molecular flexibility index (Phi) is 5.54. The quantitative estimate of drug-likeness (QED) is 0.662. The van der Waals surface area contributed by atoms with Gasteiger partial charge < -0.3 is 28.4 Å². The highest BCUT2D eigenvalue weighted by Gasteiger charge is 2.58. The topological polar surface area (TPSA) is 55.4 Å². The Bertz CT molecular complexity index is 424. The molecule has 0 aromatic heterocycles. The van der Waals surface area contributed by atoms with E-state index in [0.717, 1.165) is 6.42 Å². The van der Waals surface area contributed by atoms with Crippen LogP contribution in [0.15, 0.2) is 0 Å². The van der Waals surface area contributed by atoms with Gasteiger partial charge in [0.25, 0.3) is 0 Å². The molecule has 140 valence electrons. The molecule has 0 bridgehead atoms. The fraction of sp³-hybridized carbons (Fsp3) is 1.00. The van der Waals surface area contributed by atoms with Crippen LogP contribution in [0.25, 0.3) is 0 Å². The van der Waals surface area contributed by atoms with Gasteiger partial charge in [0.05, 0.1) is 6.61 Å². The van der Waals surface area contributed by atoms with Crippen LogP contribution in [-0.2, 0) is 28.4 Å². The highest BCUT2D eigenvalue weighted by Crippen LogP contribution is 2.41. The summed E-state index contributed by atoms with van der Waals surface area (Å²) < 4.78 is 35.9. The van der Waals surface area contributed by atoms with E-state index in [1.165, 1.54) is 19.3 Å². The summed E-state index contributed by atoms with van der Waals surface area (Å²) in [7, 11) is 0. The summed E-state index contributed by atoms with van der Waals surface area (Å²) >= 11 is 0. The van der Waals surface area contributed by atoms with E-state index in [4.69, 9.17) is 28.4 Å². The Labute approximate surface area is 145 Å². The fourth-order valence-corrected chi connectivity index (χ4v) is 3.62. The third-order valence-electron chi connectivity index (χ3n) is 4.73. The van der Waals surface area contributed by atoms with Gasteiger partial charge >= 0.3 is 0 Å². The number of unbranched alkanes of at least 4 members (excludes halogenated alkanes) is 3. The average molecular weight is 344 g/mol. The zero-order valence-corrected chi connectivity index (χ0v) is 15.6. The molecule has 0 aromatic carbocycles. The van der Waals surface area contributed by atoms with Gasteiger partial charge in [0.2, 0.25) is 0 Å². The zero-order valence-electron chi connectivity index (χ0n) is 15.6. The van der Waals surface area contributed by atoms with Crippen LogP contribution in [0.4, 0.5) is 0 Å². The van der Waals surface area contributed by atoms with Gasteiger partial charge in [0.15, 0.2) is 17.9 Å². The number of rotatable bonds is 7. The van der Waals surface area contributed by atoms with Crippen LogP contribution in [0.3, 0.4) is 0 Å². The third-order valence-corrected chi connectivity index (χ3v) is 4.73. The average Bonchev–Trinajstić information content (AvgIpc) is 3.09. The van der Waals surface area contributed by atoms with Crippen LogP contribution in [-0.4, -0.2) is 55.5 Å². The second-order valence-electron chi connectivity index (χ2n) is 7.83. The van der Waals surface area contributed by atoms with Gasteiger partial charge in [-0.3, -0.25) is 0 Å². The Hall–Kier alpha value is -0.240. The van der Waals surface area contributed by atoms with Gasteiger partial charge in [-0.1, -0.05) is 26.2 Å². The second-order valence-corrected chi connectivity index (χ2v) is 7.83. The molecule has 3 aliphatic heterocycles. The van der Waals surface area contributed by atoms with Crippen molar-refractivity contribution in [3.05, 3.63) is 0 Å². The Morgan fingerprint density at radius 3 is 2.38 bits per heavy atom. The molecule has 0 aromatic rings. The molecule has 0 N–H and O–H groups in total. The Balaban J connectivity index is 1.62. The van der Waals surface area contributed by atoms with Crippen molar-refractivity contribution in [3.63, 3.8) is 0 Å². The van der Waals surface area contributed by atoms with Crippen LogP contribution < -0.4 is 0 Å². The van der Waals surface area contributed by atoms with Crippen molar-refractivity contribution < 1.29 is 28.4 Å². The van der Waals surface area contributed by atoms with E-state index >= 15 is 0 Å². The molecule has 0 amide bonds. The van der Waals surface area contributed by atoms with Gasteiger partial charge in [0, 0.05) is 6.61 Å². The van der Waals surface area contributed by atoms with Crippen LogP contribution >= 0.6 is 0 Å². The van der Waals surface area contributed by atoms with Crippen LogP contribution in [0, 0.1) is 0 Å². The lowest BCUT2D eigenvalue weighted by atomic mass is 10.1. The largest absolute Gasteiger partial charge is 0.372 e. The molecule has 0 spiro atoms. The summed E-state index contributed by atoms with van der Waals surface area (Å²) in [6, 6.07) is 0. The summed E-state index contributed by atoms with van der Waals surface area (Å²) in [5, 5.41) is 0. The first-order valence-electron chi connectivity index (χ1n) is 9.26. The van der Waals surface area contributed by atoms with Gasteiger partial charge in [0.1, 0.15) is 24.4 Å². The molecule has 3 saturated heterocycles. The van der Waals surface area contributed by atoms with Crippen LogP contribution in [0.1, 0.15) is 60.3 Å². The van der Waals surface area contributed by atoms with Gasteiger partial charge in [-0.2, -0.15) is 0 Å². The van der Waals surface area contributed by atoms with E-state index in [1.54, 1.807) is 0 Å². The molecule has 6 heteroatoms. The Morgan fingerprint density at radius 1 is 0.917 bits per heavy atom. The first-order chi connectivity index (χ1) is 11.3. The maximum atomic E-state index is 6.18. The third kappa shape index (κ3) is 4.11. The standard InChI is InChI=1S/C18H32O6/c1-6-7-8-9-10-19-14-13(12-11-20-17(2,3)22-12)21-16-15(14)23-18(4,5)24-16/h12-16H,6-11H2,1-5H3. The molecule has 3 heterocycles. The molecule has 5 atom stereocenters. The molecule has 6 nitrogen and oxygen atoms in total. The molecule has 0 radical (unpaired) electrons. The van der Waals surface area contributed by atoms with Crippen molar-refractivity contribution >= 4 is 0 Å². The lowest BCUT2D eigenvalue weighted by molar-refractivity contribution is -0.236. The first-order valence-corrected chi connectivity index (χ1v) is 9.26. The summed E-state index contributed by atoms with van der Waals surface area (Å²) in [5.41, 5.74) is 0. The van der Waals surface area contributed by atoms with E-state index in [2.05, 4.69) is 6.92 Å². The molecule has 24 heavy (non-hydrogen) atoms. The van der Waals surface area contributed by atoms with Gasteiger partial charge in [-0.25, -0.2) is 0 Å². The summed E-state index contributed by atoms with van der Waals surface area (Å²) in [5.74, 6) is -1.23. The van der Waals surface area contributed by atoms with E-state index in [1.807, 2.05) is 27.7 Å². The number of hydrogen-bond acceptors (Lipinski definition) is 6. The van der Waals surface area contributed by atoms with Crippen molar-refractivity contribution in [2.45, 2.75) is 103 Å². The molecular formula is C18H32O6. The minimum Gasteiger partial charge on any atom is -0.372 e. The second kappa shape index (κ2) is 7.17. The van der Waals surface area contributed by atoms with Crippen molar-refractivity contribution in [1.29, 1.82) is 0 Å². The maximum absolute atomic E-state index is 6.18. The van der Waals surface area contributed by atoms with Crippen LogP contribution in [0.2, 0.25) is 0 Å². The van der Waals surface area contributed by atoms with Crippen LogP contribution in [0.5, 0.6) is 0 Å². The summed E-state index contributed by atoms with van der Waals surface area (Å²) in [6.07, 6.45) is 3.47. The minimum absolute atomic E-state index is 0.165. The van der Waals surface area contributed by atoms with E-state index in [-0.39, 0.29) is 24.4 Å². The number of fused-ring (bicyclic) bond motifs is 1. The predicted molar refractivity (Wildman–Crippen MR) is 87.5 cm³/mol. The molecule has 3 fully saturated rings. The minimum atomic E-state index is -0.642. The number of ether oxygens (including phenoxy) is 6. The van der Waals surface area contributed by atoms with Crippen molar-refractivity contribution in [1.82, 2.24) is 0 Å². The molecule has 0 saturated carbocycles. The molecule has 5 unspecified atom stereocenters. The highest BCUT2D eigenvalue weighted by atomic mass is 16.8. The normalized spacial score (nSPS) is 40.1. The lowest BCUT2D eigenvalue weighted by Gasteiger charge is -2.29. The maximum Gasteiger partial charge on any atom is 0.190 e. The molecular weight excluding hydrogens is 312 g/mol. The van der Waals surface area contributed by atoms with Crippen molar-refractivity contribution in [2.24, 2.45) is 0 Å². The summed E-state index contributed by atoms with van der Waals surface area (Å²) in [4.78, 5) is 0. The van der Waals surface area contributed by atoms with Gasteiger partial charge in [-0.05, 0) is 34.1 Å². The van der Waals surface area contributed by atoms with E-state index in [9.17, 15) is 0 Å². The molecule has 3 rings (SSSR count). The molecule has 0 aliphatic carbocycles. The van der Waals surface area contributed by atoms with E-state index < -0.39 is 17.9 Å². The summed E-state index contributed by atoms with van der Waals surface area (Å²) in [6.45, 7) is 11.0. The molecule has 3 aliphatic rings. The Morgan fingerprint density at radius 2 is 1.71 bits per heavy atom. The lowest BCUT2D eigenvalue weighted by Crippen LogP contribution is -2.44. The SMILES string of the molecule is CCCCCCOC1C(C2COC(C)(C)O2)OC2OC(C)(C)OC21. The van der Waals surface area contributed by atoms with Crippen molar-refractivity contribution in [2.75, 3.05) is 13.2 Å². The zero-order chi connectivity index (χ0) is 17.4. The van der Waals surface area contributed by atoms with E-state index in [0.29, 0.717) is 13.2 Å². The number of hydrogen-bond donors (Lipinski definition) is 0.